The average molecular weight is 768 g/mol. The predicted molar refractivity (Wildman–Crippen MR) is 149 cm³/mol. The zero-order valence-corrected chi connectivity index (χ0v) is 30.8. The van der Waals surface area contributed by atoms with Gasteiger partial charge in [-0.25, -0.2) is 0 Å². The summed E-state index contributed by atoms with van der Waals surface area (Å²) in [5.41, 5.74) is 0. The number of rotatable bonds is 5. The zero-order chi connectivity index (χ0) is 30.6. The van der Waals surface area contributed by atoms with Gasteiger partial charge in [0.05, 0.1) is 0 Å². The molecule has 0 amide bonds. The summed E-state index contributed by atoms with van der Waals surface area (Å²) in [5, 5.41) is 85.7. The second-order valence-corrected chi connectivity index (χ2v) is 5.07. The molecule has 0 rings (SSSR count). The molecule has 0 atom stereocenters. The van der Waals surface area contributed by atoms with Crippen molar-refractivity contribution < 1.29 is 51.1 Å². The molecule has 234 valence electrons. The maximum absolute atomic E-state index is 9.30. The van der Waals surface area contributed by atoms with Gasteiger partial charge < -0.3 is 51.1 Å². The SMILES string of the molecule is CCC[O-].CCC[O-].CCC[O-].CCC[O-].CCC[O-].CCO.CCO.CCO.CCO.CC[O-].[Sb+3].[Sb+3]. The van der Waals surface area contributed by atoms with E-state index in [0.29, 0.717) is 0 Å². The molecule has 4 radical (unpaired) electrons. The van der Waals surface area contributed by atoms with Gasteiger partial charge in [-0.2, -0.15) is 0 Å². The summed E-state index contributed by atoms with van der Waals surface area (Å²) in [6.07, 6.45) is 3.82. The Morgan fingerprint density at radius 3 is 0.351 bits per heavy atom. The molecule has 0 saturated heterocycles. The normalized spacial score (nSPS) is 6.49. The number of hydrogen-bond acceptors (Lipinski definition) is 10. The Labute approximate surface area is 266 Å². The van der Waals surface area contributed by atoms with Crippen molar-refractivity contribution in [2.24, 2.45) is 0 Å². The van der Waals surface area contributed by atoms with Gasteiger partial charge >= 0.3 is 48.9 Å². The Bertz CT molecular complexity index is 114. The van der Waals surface area contributed by atoms with Gasteiger partial charge in [0, 0.05) is 26.4 Å². The fraction of sp³-hybridized carbons (Fsp3) is 1.00. The third kappa shape index (κ3) is 1190. The van der Waals surface area contributed by atoms with E-state index in [2.05, 4.69) is 0 Å². The van der Waals surface area contributed by atoms with E-state index in [4.69, 9.17) is 25.5 Å². The predicted octanol–water partition coefficient (Wildman–Crippen LogP) is -2.62. The van der Waals surface area contributed by atoms with Crippen LogP contribution in [0.4, 0.5) is 0 Å². The van der Waals surface area contributed by atoms with E-state index in [1.807, 2.05) is 34.6 Å². The maximum Gasteiger partial charge on any atom is 3.00 e. The van der Waals surface area contributed by atoms with Crippen molar-refractivity contribution in [1.82, 2.24) is 0 Å². The van der Waals surface area contributed by atoms with Crippen molar-refractivity contribution in [3.63, 3.8) is 0 Å². The van der Waals surface area contributed by atoms with Crippen molar-refractivity contribution in [1.29, 1.82) is 0 Å². The topological polar surface area (TPSA) is 219 Å². The second-order valence-electron chi connectivity index (χ2n) is 5.07. The molecule has 10 nitrogen and oxygen atoms in total. The summed E-state index contributed by atoms with van der Waals surface area (Å²) in [4.78, 5) is 0. The Morgan fingerprint density at radius 1 is 0.324 bits per heavy atom. The van der Waals surface area contributed by atoms with E-state index in [1.54, 1.807) is 34.6 Å². The molecule has 0 fully saturated rings. The van der Waals surface area contributed by atoms with Crippen LogP contribution in [-0.4, -0.2) is 135 Å². The summed E-state index contributed by atoms with van der Waals surface area (Å²) >= 11 is 0. The molecular weight excluding hydrogens is 704 g/mol. The minimum absolute atomic E-state index is 0. The van der Waals surface area contributed by atoms with Crippen molar-refractivity contribution >= 4 is 48.9 Å². The first-order chi connectivity index (χ1) is 16.6. The van der Waals surface area contributed by atoms with Crippen molar-refractivity contribution in [2.75, 3.05) is 66.1 Å². The van der Waals surface area contributed by atoms with Crippen LogP contribution in [0.2, 0.25) is 0 Å². The van der Waals surface area contributed by atoms with Gasteiger partial charge in [0.1, 0.15) is 0 Å². The van der Waals surface area contributed by atoms with Gasteiger partial charge in [-0.1, -0.05) is 73.6 Å². The molecule has 0 bridgehead atoms. The van der Waals surface area contributed by atoms with Gasteiger partial charge in [-0.15, -0.1) is 39.6 Å². The molecule has 4 N–H and O–H groups in total. The third-order valence-electron chi connectivity index (χ3n) is 1.02. The Hall–Kier alpha value is 1.24. The van der Waals surface area contributed by atoms with E-state index in [1.165, 1.54) is 0 Å². The smallest absolute Gasteiger partial charge is 0.855 e. The Balaban J connectivity index is -0.0000000187. The summed E-state index contributed by atoms with van der Waals surface area (Å²) in [5.74, 6) is 0. The minimum Gasteiger partial charge on any atom is -0.855 e. The number of aliphatic hydroxyl groups is 4. The average Bonchev–Trinajstić information content (AvgIpc) is 2.86. The molecule has 0 saturated carbocycles. The van der Waals surface area contributed by atoms with Crippen molar-refractivity contribution in [3.05, 3.63) is 0 Å². The second kappa shape index (κ2) is 185. The van der Waals surface area contributed by atoms with Crippen LogP contribution in [-0.2, 0) is 0 Å². The van der Waals surface area contributed by atoms with E-state index >= 15 is 0 Å². The van der Waals surface area contributed by atoms with Crippen LogP contribution in [0.25, 0.3) is 0 Å². The van der Waals surface area contributed by atoms with E-state index in [-0.39, 0.29) is 115 Å². The number of aliphatic hydroxyl groups excluding tert-OH is 4. The van der Waals surface area contributed by atoms with Crippen LogP contribution in [0.3, 0.4) is 0 Å². The Kier molecular flexibility index (Phi) is 386. The minimum atomic E-state index is 0. The van der Waals surface area contributed by atoms with Gasteiger partial charge in [-0.3, -0.25) is 0 Å². The molecule has 12 heteroatoms. The van der Waals surface area contributed by atoms with Crippen LogP contribution in [0.1, 0.15) is 101 Å². The fourth-order valence-electron chi connectivity index (χ4n) is 0. The van der Waals surface area contributed by atoms with Crippen LogP contribution < -0.4 is 30.6 Å². The van der Waals surface area contributed by atoms with Crippen LogP contribution in [0.5, 0.6) is 0 Å². The van der Waals surface area contributed by atoms with E-state index in [9.17, 15) is 25.5 Å². The first-order valence-corrected chi connectivity index (χ1v) is 12.6. The molecule has 0 unspecified atom stereocenters. The summed E-state index contributed by atoms with van der Waals surface area (Å²) in [6, 6.07) is 0. The molecular formula is C25H64O10Sb2. The van der Waals surface area contributed by atoms with E-state index in [0.717, 1.165) is 32.1 Å². The monoisotopic (exact) mass is 766 g/mol. The number of hydrogen-bond donors (Lipinski definition) is 4. The molecule has 0 aliphatic heterocycles. The largest absolute Gasteiger partial charge is 3.00 e. The summed E-state index contributed by atoms with van der Waals surface area (Å²) in [6.45, 7) is 19.0. The van der Waals surface area contributed by atoms with Gasteiger partial charge in [0.25, 0.3) is 0 Å². The first kappa shape index (κ1) is 77.0. The quantitative estimate of drug-likeness (QED) is 0.214. The van der Waals surface area contributed by atoms with Crippen molar-refractivity contribution in [2.45, 2.75) is 101 Å². The van der Waals surface area contributed by atoms with Gasteiger partial charge in [0.15, 0.2) is 0 Å². The Morgan fingerprint density at radius 2 is 0.351 bits per heavy atom. The molecule has 0 heterocycles. The standard InChI is InChI=1S/5C3H7O.4C2H6O.C2H5O.2Sb/c5*1-2-3-4;5*1-2-3;;/h5*2-3H2,1H3;4*3H,2H2,1H3;2H2,1H3;;/q5*-1;;;;;-1;2*+3. The van der Waals surface area contributed by atoms with Crippen LogP contribution in [0.15, 0.2) is 0 Å². The van der Waals surface area contributed by atoms with Crippen LogP contribution in [0, 0.1) is 0 Å². The molecule has 0 aliphatic rings. The van der Waals surface area contributed by atoms with Gasteiger partial charge in [-0.05, 0) is 27.7 Å². The molecule has 0 aromatic heterocycles. The fourth-order valence-corrected chi connectivity index (χ4v) is 0. The molecule has 37 heavy (non-hydrogen) atoms. The molecule has 0 spiro atoms. The first-order valence-electron chi connectivity index (χ1n) is 12.6. The van der Waals surface area contributed by atoms with Gasteiger partial charge in [0.2, 0.25) is 0 Å². The third-order valence-corrected chi connectivity index (χ3v) is 1.02. The summed E-state index contributed by atoms with van der Waals surface area (Å²) in [7, 11) is 0. The zero-order valence-electron chi connectivity index (χ0n) is 25.7. The maximum atomic E-state index is 9.30. The molecule has 0 aliphatic carbocycles. The van der Waals surface area contributed by atoms with E-state index < -0.39 is 0 Å². The van der Waals surface area contributed by atoms with Crippen LogP contribution >= 0.6 is 0 Å². The molecule has 0 aromatic carbocycles. The summed E-state index contributed by atoms with van der Waals surface area (Å²) < 4.78 is 0. The molecule has 0 aromatic rings. The van der Waals surface area contributed by atoms with Crippen molar-refractivity contribution in [3.8, 4) is 0 Å².